The molecule has 0 heterocycles. The van der Waals surface area contributed by atoms with Crippen LogP contribution < -0.4 is 9.47 Å². The van der Waals surface area contributed by atoms with Gasteiger partial charge in [-0.3, -0.25) is 9.59 Å². The Morgan fingerprint density at radius 2 is 1.49 bits per heavy atom. The van der Waals surface area contributed by atoms with Gasteiger partial charge in [-0.25, -0.2) is 0 Å². The minimum Gasteiger partial charge on any atom is -0.494 e. The quantitative estimate of drug-likeness (QED) is 0.103. The zero-order valence-corrected chi connectivity index (χ0v) is 24.5. The zero-order valence-electron chi connectivity index (χ0n) is 23.6. The highest BCUT2D eigenvalue weighted by Gasteiger charge is 2.12. The summed E-state index contributed by atoms with van der Waals surface area (Å²) in [5.41, 5.74) is 4.90. The van der Waals surface area contributed by atoms with E-state index in [9.17, 15) is 19.8 Å². The highest BCUT2D eigenvalue weighted by Crippen LogP contribution is 2.29. The van der Waals surface area contributed by atoms with Crippen molar-refractivity contribution in [1.29, 1.82) is 0 Å². The van der Waals surface area contributed by atoms with Gasteiger partial charge in [0, 0.05) is 17.7 Å². The minimum atomic E-state index is -0.862. The van der Waals surface area contributed by atoms with Gasteiger partial charge in [-0.2, -0.15) is 0 Å². The molecule has 3 aromatic rings. The summed E-state index contributed by atoms with van der Waals surface area (Å²) in [6.45, 7) is 0.822. The van der Waals surface area contributed by atoms with Crippen LogP contribution in [0.2, 0.25) is 0 Å². The molecule has 0 aliphatic carbocycles. The molecule has 7 nitrogen and oxygen atoms in total. The summed E-state index contributed by atoms with van der Waals surface area (Å²) >= 11 is 1.70. The molecule has 3 N–H and O–H groups in total. The molecule has 3 aromatic carbocycles. The van der Waals surface area contributed by atoms with E-state index in [1.807, 2.05) is 36.4 Å². The first-order chi connectivity index (χ1) is 19.9. The van der Waals surface area contributed by atoms with Crippen LogP contribution in [0.15, 0.2) is 65.6 Å². The molecular weight excluding hydrogens is 540 g/mol. The fourth-order valence-corrected chi connectivity index (χ4v) is 5.06. The van der Waals surface area contributed by atoms with Crippen LogP contribution in [0.25, 0.3) is 11.1 Å². The Morgan fingerprint density at radius 1 is 0.756 bits per heavy atom. The van der Waals surface area contributed by atoms with Gasteiger partial charge in [0.05, 0.1) is 19.8 Å². The molecular formula is C33H40O7S. The number of unbranched alkanes of at least 4 members (excludes halogenated alkanes) is 3. The second kappa shape index (κ2) is 17.4. The summed E-state index contributed by atoms with van der Waals surface area (Å²) in [6, 6.07) is 20.0. The maximum atomic E-state index is 11.2. The largest absolute Gasteiger partial charge is 0.494 e. The Kier molecular flexibility index (Phi) is 13.6. The first kappa shape index (κ1) is 32.0. The molecule has 0 aromatic heterocycles. The van der Waals surface area contributed by atoms with Crippen LogP contribution in [0.5, 0.6) is 11.5 Å². The zero-order chi connectivity index (χ0) is 29.5. The number of hydrogen-bond acceptors (Lipinski definition) is 6. The third-order valence-electron chi connectivity index (χ3n) is 6.79. The molecule has 0 spiro atoms. The number of benzene rings is 3. The number of hydrogen-bond donors (Lipinski definition) is 3. The number of aliphatic carboxylic acids is 2. The van der Waals surface area contributed by atoms with Gasteiger partial charge in [0.15, 0.2) is 0 Å². The lowest BCUT2D eigenvalue weighted by atomic mass is 9.97. The molecule has 41 heavy (non-hydrogen) atoms. The molecule has 0 amide bonds. The van der Waals surface area contributed by atoms with E-state index in [-0.39, 0.29) is 26.1 Å². The molecule has 0 bridgehead atoms. The number of thioether (sulfide) groups is 1. The molecule has 0 unspecified atom stereocenters. The number of carbonyl (C=O) groups is 2. The van der Waals surface area contributed by atoms with Gasteiger partial charge in [0.25, 0.3) is 0 Å². The van der Waals surface area contributed by atoms with Crippen LogP contribution in [0.4, 0.5) is 0 Å². The van der Waals surface area contributed by atoms with E-state index in [4.69, 9.17) is 14.6 Å². The van der Waals surface area contributed by atoms with Crippen molar-refractivity contribution in [3.8, 4) is 22.6 Å². The van der Waals surface area contributed by atoms with E-state index in [1.54, 1.807) is 11.8 Å². The van der Waals surface area contributed by atoms with E-state index in [0.717, 1.165) is 65.7 Å². The SMILES string of the molecule is CSc1ccc(-c2cc(CO)cc(OCCCCCCc3cccc(OCCCC(=O)O)c3CCC(=O)O)c2)cc1. The Bertz CT molecular complexity index is 1260. The Hall–Kier alpha value is -3.49. The van der Waals surface area contributed by atoms with Crippen molar-refractivity contribution >= 4 is 23.7 Å². The third kappa shape index (κ3) is 11.1. The number of aliphatic hydroxyl groups excluding tert-OH is 1. The smallest absolute Gasteiger partial charge is 0.303 e. The fraction of sp³-hybridized carbons (Fsp3) is 0.394. The number of rotatable bonds is 19. The van der Waals surface area contributed by atoms with Crippen molar-refractivity contribution in [2.75, 3.05) is 19.5 Å². The summed E-state index contributed by atoms with van der Waals surface area (Å²) in [5.74, 6) is -0.322. The number of aliphatic hydroxyl groups is 1. The minimum absolute atomic E-state index is 0.0160. The standard InChI is InChI=1S/C33H40O7S/c1-41-29-14-12-25(13-15-29)27-20-24(23-34)21-28(22-27)39-18-5-3-2-4-8-26-9-6-10-31(30(26)16-17-33(37)38)40-19-7-11-32(35)36/h6,9-10,12-15,20-22,34H,2-5,7-8,11,16-19,23H2,1H3,(H,35,36)(H,37,38). The molecule has 0 saturated heterocycles. The van der Waals surface area contributed by atoms with Crippen molar-refractivity contribution in [3.63, 3.8) is 0 Å². The third-order valence-corrected chi connectivity index (χ3v) is 7.54. The summed E-state index contributed by atoms with van der Waals surface area (Å²) < 4.78 is 11.9. The first-order valence-electron chi connectivity index (χ1n) is 14.1. The van der Waals surface area contributed by atoms with Crippen LogP contribution in [0.3, 0.4) is 0 Å². The molecule has 220 valence electrons. The van der Waals surface area contributed by atoms with Gasteiger partial charge in [-0.15, -0.1) is 11.8 Å². The van der Waals surface area contributed by atoms with Gasteiger partial charge in [0.2, 0.25) is 0 Å². The van der Waals surface area contributed by atoms with Gasteiger partial charge >= 0.3 is 11.9 Å². The predicted molar refractivity (Wildman–Crippen MR) is 162 cm³/mol. The highest BCUT2D eigenvalue weighted by atomic mass is 32.2. The van der Waals surface area contributed by atoms with Crippen molar-refractivity contribution in [3.05, 3.63) is 77.4 Å². The molecule has 3 rings (SSSR count). The maximum absolute atomic E-state index is 11.2. The first-order valence-corrected chi connectivity index (χ1v) is 15.3. The normalized spacial score (nSPS) is 10.9. The van der Waals surface area contributed by atoms with Gasteiger partial charge < -0.3 is 24.8 Å². The van der Waals surface area contributed by atoms with E-state index in [0.29, 0.717) is 25.2 Å². The Balaban J connectivity index is 1.48. The number of carboxylic acids is 2. The topological polar surface area (TPSA) is 113 Å². The second-order valence-corrected chi connectivity index (χ2v) is 10.8. The number of aryl methyl sites for hydroxylation is 1. The van der Waals surface area contributed by atoms with Gasteiger partial charge in [-0.1, -0.05) is 37.1 Å². The lowest BCUT2D eigenvalue weighted by Crippen LogP contribution is -2.07. The van der Waals surface area contributed by atoms with Crippen molar-refractivity contribution in [2.24, 2.45) is 0 Å². The maximum Gasteiger partial charge on any atom is 0.303 e. The van der Waals surface area contributed by atoms with E-state index in [2.05, 4.69) is 30.5 Å². The van der Waals surface area contributed by atoms with E-state index >= 15 is 0 Å². The molecule has 0 aliphatic heterocycles. The summed E-state index contributed by atoms with van der Waals surface area (Å²) in [5, 5.41) is 27.8. The monoisotopic (exact) mass is 580 g/mol. The van der Waals surface area contributed by atoms with Crippen molar-refractivity contribution in [1.82, 2.24) is 0 Å². The molecule has 0 fully saturated rings. The van der Waals surface area contributed by atoms with Crippen LogP contribution in [-0.4, -0.2) is 46.7 Å². The average Bonchev–Trinajstić information content (AvgIpc) is 2.97. The highest BCUT2D eigenvalue weighted by molar-refractivity contribution is 7.98. The van der Waals surface area contributed by atoms with Crippen LogP contribution in [-0.2, 0) is 29.0 Å². The Morgan fingerprint density at radius 3 is 2.20 bits per heavy atom. The fourth-order valence-electron chi connectivity index (χ4n) is 4.65. The van der Waals surface area contributed by atoms with Gasteiger partial charge in [-0.05, 0) is 103 Å². The predicted octanol–water partition coefficient (Wildman–Crippen LogP) is 7.01. The molecule has 0 aliphatic rings. The lowest BCUT2D eigenvalue weighted by Gasteiger charge is -2.15. The van der Waals surface area contributed by atoms with Crippen molar-refractivity contribution < 1.29 is 34.4 Å². The second-order valence-electron chi connectivity index (χ2n) is 9.90. The van der Waals surface area contributed by atoms with E-state index in [1.165, 1.54) is 4.90 Å². The van der Waals surface area contributed by atoms with Crippen LogP contribution in [0.1, 0.15) is 61.6 Å². The molecule has 0 radical (unpaired) electrons. The molecule has 0 saturated carbocycles. The lowest BCUT2D eigenvalue weighted by molar-refractivity contribution is -0.138. The Labute approximate surface area is 246 Å². The van der Waals surface area contributed by atoms with Crippen molar-refractivity contribution in [2.45, 2.75) is 69.3 Å². The molecule has 8 heteroatoms. The molecule has 0 atom stereocenters. The average molecular weight is 581 g/mol. The number of carboxylic acid groups (broad SMARTS) is 2. The van der Waals surface area contributed by atoms with Crippen LogP contribution in [0, 0.1) is 0 Å². The van der Waals surface area contributed by atoms with Gasteiger partial charge in [0.1, 0.15) is 11.5 Å². The van der Waals surface area contributed by atoms with Crippen LogP contribution >= 0.6 is 11.8 Å². The number of ether oxygens (including phenoxy) is 2. The summed E-state index contributed by atoms with van der Waals surface area (Å²) in [4.78, 5) is 23.2. The summed E-state index contributed by atoms with van der Waals surface area (Å²) in [7, 11) is 0. The van der Waals surface area contributed by atoms with E-state index < -0.39 is 11.9 Å². The summed E-state index contributed by atoms with van der Waals surface area (Å²) in [6.07, 6.45) is 7.57.